The standard InChI is InChI=1S/C14H24/c1-5-11-14(6-2,12(3)4)13-9-7-8-10-13/h7,9-10,12H,5-6,8,11H2,1-4H3. The zero-order valence-electron chi connectivity index (χ0n) is 10.1. The highest BCUT2D eigenvalue weighted by molar-refractivity contribution is 5.33. The molecular weight excluding hydrogens is 168 g/mol. The smallest absolute Gasteiger partial charge is 0.00299 e. The molecule has 1 rings (SSSR count). The largest absolute Gasteiger partial charge is 0.0804 e. The predicted octanol–water partition coefficient (Wildman–Crippen LogP) is 4.73. The van der Waals surface area contributed by atoms with Crippen molar-refractivity contribution in [3.63, 3.8) is 0 Å². The predicted molar refractivity (Wildman–Crippen MR) is 64.3 cm³/mol. The molecule has 0 aromatic carbocycles. The minimum absolute atomic E-state index is 0.446. The summed E-state index contributed by atoms with van der Waals surface area (Å²) in [4.78, 5) is 0. The number of rotatable bonds is 5. The van der Waals surface area contributed by atoms with Gasteiger partial charge >= 0.3 is 0 Å². The fourth-order valence-electron chi connectivity index (χ4n) is 2.83. The average Bonchev–Trinajstić information content (AvgIpc) is 2.66. The Hall–Kier alpha value is -0.520. The molecule has 1 aliphatic rings. The van der Waals surface area contributed by atoms with Crippen LogP contribution in [0, 0.1) is 11.3 Å². The zero-order chi connectivity index (χ0) is 10.6. The molecule has 0 radical (unpaired) electrons. The van der Waals surface area contributed by atoms with E-state index in [4.69, 9.17) is 0 Å². The summed E-state index contributed by atoms with van der Waals surface area (Å²) in [6.45, 7) is 9.37. The monoisotopic (exact) mass is 192 g/mol. The number of hydrogen-bond acceptors (Lipinski definition) is 0. The van der Waals surface area contributed by atoms with Crippen LogP contribution in [0.15, 0.2) is 23.8 Å². The van der Waals surface area contributed by atoms with Crippen LogP contribution >= 0.6 is 0 Å². The van der Waals surface area contributed by atoms with E-state index in [0.717, 1.165) is 12.3 Å². The number of hydrogen-bond donors (Lipinski definition) is 0. The lowest BCUT2D eigenvalue weighted by Gasteiger charge is -2.38. The lowest BCUT2D eigenvalue weighted by molar-refractivity contribution is 0.219. The van der Waals surface area contributed by atoms with Crippen molar-refractivity contribution in [3.05, 3.63) is 23.8 Å². The fraction of sp³-hybridized carbons (Fsp3) is 0.714. The van der Waals surface area contributed by atoms with E-state index in [9.17, 15) is 0 Å². The van der Waals surface area contributed by atoms with Gasteiger partial charge in [-0.25, -0.2) is 0 Å². The van der Waals surface area contributed by atoms with Crippen LogP contribution < -0.4 is 0 Å². The normalized spacial score (nSPS) is 19.9. The van der Waals surface area contributed by atoms with Gasteiger partial charge in [-0.1, -0.05) is 52.3 Å². The lowest BCUT2D eigenvalue weighted by Crippen LogP contribution is -2.27. The summed E-state index contributed by atoms with van der Waals surface area (Å²) in [5, 5.41) is 0. The first-order chi connectivity index (χ1) is 6.67. The highest BCUT2D eigenvalue weighted by Gasteiger charge is 2.34. The van der Waals surface area contributed by atoms with Gasteiger partial charge in [-0.15, -0.1) is 0 Å². The summed E-state index contributed by atoms with van der Waals surface area (Å²) in [5.41, 5.74) is 2.04. The zero-order valence-corrected chi connectivity index (χ0v) is 10.1. The van der Waals surface area contributed by atoms with Gasteiger partial charge in [0.1, 0.15) is 0 Å². The van der Waals surface area contributed by atoms with Crippen LogP contribution in [0.1, 0.15) is 53.4 Å². The van der Waals surface area contributed by atoms with Crippen LogP contribution in [0.4, 0.5) is 0 Å². The fourth-order valence-corrected chi connectivity index (χ4v) is 2.83. The van der Waals surface area contributed by atoms with E-state index >= 15 is 0 Å². The molecule has 14 heavy (non-hydrogen) atoms. The molecule has 1 atom stereocenters. The Labute approximate surface area is 89.1 Å². The Morgan fingerprint density at radius 2 is 2.07 bits per heavy atom. The van der Waals surface area contributed by atoms with Crippen LogP contribution in [0.25, 0.3) is 0 Å². The van der Waals surface area contributed by atoms with Gasteiger partial charge in [0.25, 0.3) is 0 Å². The van der Waals surface area contributed by atoms with Crippen molar-refractivity contribution in [1.82, 2.24) is 0 Å². The van der Waals surface area contributed by atoms with Gasteiger partial charge in [0.15, 0.2) is 0 Å². The molecule has 0 heteroatoms. The molecule has 0 N–H and O–H groups in total. The van der Waals surface area contributed by atoms with E-state index in [1.165, 1.54) is 19.3 Å². The van der Waals surface area contributed by atoms with Gasteiger partial charge in [-0.2, -0.15) is 0 Å². The van der Waals surface area contributed by atoms with Crippen molar-refractivity contribution >= 4 is 0 Å². The van der Waals surface area contributed by atoms with Crippen LogP contribution in [0.5, 0.6) is 0 Å². The van der Waals surface area contributed by atoms with Gasteiger partial charge in [0, 0.05) is 0 Å². The Balaban J connectivity index is 2.93. The van der Waals surface area contributed by atoms with Crippen LogP contribution in [0.3, 0.4) is 0 Å². The minimum atomic E-state index is 0.446. The summed E-state index contributed by atoms with van der Waals surface area (Å²) in [6, 6.07) is 0. The van der Waals surface area contributed by atoms with E-state index < -0.39 is 0 Å². The quantitative estimate of drug-likeness (QED) is 0.591. The summed E-state index contributed by atoms with van der Waals surface area (Å²) >= 11 is 0. The molecule has 0 saturated carbocycles. The summed E-state index contributed by atoms with van der Waals surface area (Å²) in [7, 11) is 0. The molecule has 0 aliphatic heterocycles. The number of allylic oxidation sites excluding steroid dienone is 4. The molecule has 0 nitrogen and oxygen atoms in total. The van der Waals surface area contributed by atoms with Crippen LogP contribution in [-0.4, -0.2) is 0 Å². The summed E-state index contributed by atoms with van der Waals surface area (Å²) < 4.78 is 0. The molecule has 80 valence electrons. The maximum absolute atomic E-state index is 2.42. The van der Waals surface area contributed by atoms with Gasteiger partial charge in [-0.3, -0.25) is 0 Å². The topological polar surface area (TPSA) is 0 Å². The molecule has 0 fully saturated rings. The van der Waals surface area contributed by atoms with E-state index in [2.05, 4.69) is 45.9 Å². The first kappa shape index (κ1) is 11.6. The third-order valence-corrected chi connectivity index (χ3v) is 3.78. The van der Waals surface area contributed by atoms with Crippen molar-refractivity contribution < 1.29 is 0 Å². The second-order valence-electron chi connectivity index (χ2n) is 4.71. The molecule has 1 unspecified atom stereocenters. The van der Waals surface area contributed by atoms with Crippen molar-refractivity contribution in [2.75, 3.05) is 0 Å². The third-order valence-electron chi connectivity index (χ3n) is 3.78. The Kier molecular flexibility index (Phi) is 3.97. The van der Waals surface area contributed by atoms with E-state index in [1.807, 2.05) is 0 Å². The first-order valence-electron chi connectivity index (χ1n) is 6.04. The Morgan fingerprint density at radius 3 is 2.43 bits per heavy atom. The Morgan fingerprint density at radius 1 is 1.36 bits per heavy atom. The highest BCUT2D eigenvalue weighted by Crippen LogP contribution is 2.45. The second kappa shape index (κ2) is 4.82. The summed E-state index contributed by atoms with van der Waals surface area (Å²) in [5.74, 6) is 0.751. The van der Waals surface area contributed by atoms with Gasteiger partial charge in [-0.05, 0) is 36.2 Å². The van der Waals surface area contributed by atoms with Crippen molar-refractivity contribution in [1.29, 1.82) is 0 Å². The van der Waals surface area contributed by atoms with Gasteiger partial charge in [0.2, 0.25) is 0 Å². The molecule has 0 amide bonds. The van der Waals surface area contributed by atoms with Crippen molar-refractivity contribution in [3.8, 4) is 0 Å². The molecule has 0 aromatic rings. The highest BCUT2D eigenvalue weighted by atomic mass is 14.4. The first-order valence-corrected chi connectivity index (χ1v) is 6.04. The maximum Gasteiger partial charge on any atom is -0.00299 e. The second-order valence-corrected chi connectivity index (χ2v) is 4.71. The van der Waals surface area contributed by atoms with E-state index in [-0.39, 0.29) is 0 Å². The molecular formula is C14H24. The maximum atomic E-state index is 2.42. The third kappa shape index (κ3) is 1.94. The molecule has 0 aromatic heterocycles. The molecule has 0 saturated heterocycles. The van der Waals surface area contributed by atoms with Crippen LogP contribution in [0.2, 0.25) is 0 Å². The van der Waals surface area contributed by atoms with Gasteiger partial charge < -0.3 is 0 Å². The molecule has 1 aliphatic carbocycles. The SMILES string of the molecule is CCCC(CC)(C1=CCC=C1)C(C)C. The van der Waals surface area contributed by atoms with Gasteiger partial charge in [0.05, 0.1) is 0 Å². The van der Waals surface area contributed by atoms with Crippen LogP contribution in [-0.2, 0) is 0 Å². The molecule has 0 bridgehead atoms. The lowest BCUT2D eigenvalue weighted by atomic mass is 9.67. The molecule has 0 spiro atoms. The van der Waals surface area contributed by atoms with Crippen molar-refractivity contribution in [2.45, 2.75) is 53.4 Å². The van der Waals surface area contributed by atoms with Crippen molar-refractivity contribution in [2.24, 2.45) is 11.3 Å². The minimum Gasteiger partial charge on any atom is -0.0804 e. The Bertz CT molecular complexity index is 232. The summed E-state index contributed by atoms with van der Waals surface area (Å²) in [6.07, 6.45) is 12.1. The molecule has 0 heterocycles. The van der Waals surface area contributed by atoms with E-state index in [0.29, 0.717) is 5.41 Å². The van der Waals surface area contributed by atoms with E-state index in [1.54, 1.807) is 5.57 Å². The average molecular weight is 192 g/mol.